The monoisotopic (exact) mass is 2100 g/mol. The second-order valence-corrected chi connectivity index (χ2v) is 43.9. The number of H-pyrrole nitrogens is 1. The second kappa shape index (κ2) is 43.5. The fourth-order valence-electron chi connectivity index (χ4n) is 19.2. The summed E-state index contributed by atoms with van der Waals surface area (Å²) in [6, 6.07) is 40.5. The molecule has 29 heteroatoms. The van der Waals surface area contributed by atoms with Gasteiger partial charge in [0, 0.05) is 148 Å². The van der Waals surface area contributed by atoms with E-state index in [1.807, 2.05) is 233 Å². The molecule has 8 aliphatic rings. The average molecular weight is 2100 g/mol. The number of carbonyl (C=O) groups excluding carboxylic acids is 5. The van der Waals surface area contributed by atoms with Gasteiger partial charge in [0.1, 0.15) is 40.4 Å². The molecular formula is C106H118Br3Cl4N12O10+. The quantitative estimate of drug-likeness (QED) is 0.0856. The van der Waals surface area contributed by atoms with Crippen LogP contribution in [0.1, 0.15) is 270 Å². The molecule has 10 aromatic rings. The summed E-state index contributed by atoms with van der Waals surface area (Å²) in [6.45, 7) is 28.2. The highest BCUT2D eigenvalue weighted by atomic mass is 79.9. The maximum Gasteiger partial charge on any atom is 0.410 e. The molecule has 18 rings (SSSR count). The Morgan fingerprint density at radius 1 is 0.430 bits per heavy atom. The molecule has 2 N–H and O–H groups in total. The standard InChI is InChI=1S/C29H33ClN4O3.3C24H26BrClN2O2.C5H6N2O/c1-29(2,3)37-28(36)34-12-9-18(10-13-34)25-21-8-7-20(30)15-22(21)23(14-19-6-5-11-31-26(19)25)27(35)24-16-33(4)17-32-24;3*1-24(2,3)30-23(29)28-11-8-15(9-12-28)21-18-7-6-17(26)14-19(18)20(25)13-16-5-4-10-27-22(16)21;1-7-2-5(3-8)6-4-7/h5-8,11,14-18,25,27,35H,9-10,12-13H2,1-4H3;3*4-7,10,13-15,21H,8-9,11-12H2,1-3H3;2-4H,1H3/p+1/t25-,27?;2*21-;;/m000../s1. The molecule has 22 nitrogen and oxygen atoms in total. The van der Waals surface area contributed by atoms with Crippen LogP contribution in [0.4, 0.5) is 19.2 Å². The molecule has 10 heterocycles. The van der Waals surface area contributed by atoms with Gasteiger partial charge in [-0.25, -0.2) is 33.7 Å². The number of nitrogens with zero attached hydrogens (tertiary/aromatic N) is 11. The summed E-state index contributed by atoms with van der Waals surface area (Å²) >= 11 is 36.7. The summed E-state index contributed by atoms with van der Waals surface area (Å²) < 4.78 is 29.0. The fourth-order valence-corrected chi connectivity index (χ4v) is 21.6. The normalized spacial score (nSPS) is 18.7. The van der Waals surface area contributed by atoms with Crippen molar-refractivity contribution < 1.29 is 52.6 Å². The largest absolute Gasteiger partial charge is 0.444 e. The number of likely N-dealkylation sites (tertiary alicyclic amines) is 4. The van der Waals surface area contributed by atoms with Crippen LogP contribution in [-0.4, -0.2) is 165 Å². The SMILES string of the molecule is CC(C)(C)OC(=O)N1CCC(C2c3ccc(Cl)cc3C(Br)=Cc3cccnc32)CC1.CC(C)(C)OC(=O)N1CCC([C@H]2c3ccc(Cl)cc3C(Br)=Cc3cccnc32)CC1.CC(C)(C)OC(=O)N1CCC([C@H]2c3ccc(Cl)cc3C(Br)=Cc3cccnc32)CC1.C[n+]1c[nH]c(C(O)C2=Cc3cccnc3[C@@H](C3CCN(C(=O)OC(C)(C)C)CC3)c3ccc(Cl)cc32)c1.Cn1cnc(C=O)c1. The lowest BCUT2D eigenvalue weighted by Gasteiger charge is -2.37. The number of piperidine rings is 4. The van der Waals surface area contributed by atoms with Gasteiger partial charge in [-0.3, -0.25) is 24.7 Å². The summed E-state index contributed by atoms with van der Waals surface area (Å²) in [5.74, 6) is 1.87. The van der Waals surface area contributed by atoms with Gasteiger partial charge in [-0.05, 0) is 328 Å². The summed E-state index contributed by atoms with van der Waals surface area (Å²) in [5.41, 5.74) is 17.7. The number of aromatic amines is 1. The molecule has 6 aromatic heterocycles. The smallest absolute Gasteiger partial charge is 0.410 e. The van der Waals surface area contributed by atoms with E-state index >= 15 is 0 Å². The first-order chi connectivity index (χ1) is 64.1. The molecule has 4 saturated heterocycles. The first kappa shape index (κ1) is 101. The number of hydrogen-bond acceptors (Lipinski definition) is 15. The molecule has 0 bridgehead atoms. The highest BCUT2D eigenvalue weighted by Gasteiger charge is 2.43. The van der Waals surface area contributed by atoms with E-state index < -0.39 is 28.5 Å². The summed E-state index contributed by atoms with van der Waals surface area (Å²) in [7, 11) is 3.73. The lowest BCUT2D eigenvalue weighted by Crippen LogP contribution is -2.42. The second-order valence-electron chi connectivity index (χ2n) is 39.6. The number of aliphatic hydroxyl groups is 1. The Balaban J connectivity index is 0.000000141. The predicted octanol–water partition coefficient (Wildman–Crippen LogP) is 25.6. The molecule has 4 aromatic carbocycles. The van der Waals surface area contributed by atoms with Crippen molar-refractivity contribution in [2.24, 2.45) is 37.8 Å². The number of amides is 4. The van der Waals surface area contributed by atoms with E-state index in [9.17, 15) is 29.1 Å². The number of imidazole rings is 2. The third-order valence-electron chi connectivity index (χ3n) is 25.2. The van der Waals surface area contributed by atoms with Gasteiger partial charge in [-0.15, -0.1) is 0 Å². The Kier molecular flexibility index (Phi) is 32.6. The van der Waals surface area contributed by atoms with Crippen LogP contribution in [0.15, 0.2) is 171 Å². The lowest BCUT2D eigenvalue weighted by molar-refractivity contribution is -0.670. The fraction of sp³-hybridized carbons (Fsp3) is 0.406. The molecule has 2 unspecified atom stereocenters. The molecule has 4 aliphatic carbocycles. The number of aliphatic hydroxyl groups excluding tert-OH is 1. The Labute approximate surface area is 837 Å². The molecule has 710 valence electrons. The highest BCUT2D eigenvalue weighted by molar-refractivity contribution is 9.15. The minimum Gasteiger partial charge on any atom is -0.444 e. The maximum absolute atomic E-state index is 12.7. The number of nitrogens with one attached hydrogen (secondary N) is 1. The van der Waals surface area contributed by atoms with Gasteiger partial charge in [0.2, 0.25) is 6.33 Å². The van der Waals surface area contributed by atoms with Crippen molar-refractivity contribution >= 4 is 168 Å². The Hall–Kier alpha value is -9.83. The molecule has 4 aliphatic heterocycles. The number of hydrogen-bond donors (Lipinski definition) is 2. The first-order valence-electron chi connectivity index (χ1n) is 46.0. The van der Waals surface area contributed by atoms with Crippen LogP contribution < -0.4 is 4.57 Å². The van der Waals surface area contributed by atoms with E-state index in [0.717, 1.165) is 165 Å². The number of aromatic nitrogens is 8. The van der Waals surface area contributed by atoms with E-state index in [0.29, 0.717) is 86.5 Å². The summed E-state index contributed by atoms with van der Waals surface area (Å²) in [4.78, 5) is 93.5. The van der Waals surface area contributed by atoms with Crippen LogP contribution in [0.2, 0.25) is 20.1 Å². The number of aldehydes is 1. The van der Waals surface area contributed by atoms with Gasteiger partial charge in [0.25, 0.3) is 0 Å². The van der Waals surface area contributed by atoms with Crippen LogP contribution in [0, 0.1) is 23.7 Å². The average Bonchev–Trinajstić information content (AvgIpc) is 1.68. The van der Waals surface area contributed by atoms with Crippen LogP contribution in [0.3, 0.4) is 0 Å². The number of rotatable bonds is 7. The Bertz CT molecular complexity index is 5730. The van der Waals surface area contributed by atoms with Crippen molar-refractivity contribution in [3.63, 3.8) is 0 Å². The number of pyridine rings is 4. The molecule has 135 heavy (non-hydrogen) atoms. The highest BCUT2D eigenvalue weighted by Crippen LogP contribution is 2.53. The van der Waals surface area contributed by atoms with Crippen molar-refractivity contribution in [3.05, 3.63) is 292 Å². The molecule has 0 radical (unpaired) electrons. The van der Waals surface area contributed by atoms with Gasteiger partial charge < -0.3 is 48.2 Å². The molecular weight excluding hydrogens is 1980 g/mol. The minimum absolute atomic E-state index is 0.00459. The van der Waals surface area contributed by atoms with Crippen LogP contribution in [-0.2, 0) is 33.0 Å². The first-order valence-corrected chi connectivity index (χ1v) is 49.9. The molecule has 4 fully saturated rings. The number of fused-ring (bicyclic) bond motifs is 8. The van der Waals surface area contributed by atoms with Crippen molar-refractivity contribution in [1.82, 2.24) is 54.1 Å². The molecule has 0 saturated carbocycles. The zero-order valence-corrected chi connectivity index (χ0v) is 86.5. The number of benzene rings is 4. The lowest BCUT2D eigenvalue weighted by atomic mass is 9.76. The number of carbonyl (C=O) groups is 5. The zero-order valence-electron chi connectivity index (χ0n) is 78.7. The third kappa shape index (κ3) is 25.4. The van der Waals surface area contributed by atoms with Crippen LogP contribution >= 0.6 is 94.2 Å². The van der Waals surface area contributed by atoms with Gasteiger partial charge in [-0.1, -0.05) is 143 Å². The van der Waals surface area contributed by atoms with Crippen molar-refractivity contribution in [3.8, 4) is 0 Å². The van der Waals surface area contributed by atoms with E-state index in [4.69, 9.17) is 85.3 Å². The Morgan fingerprint density at radius 2 is 0.704 bits per heavy atom. The van der Waals surface area contributed by atoms with Gasteiger partial charge in [0.15, 0.2) is 12.0 Å². The third-order valence-corrected chi connectivity index (χ3v) is 28.1. The van der Waals surface area contributed by atoms with Gasteiger partial charge in [0.05, 0.1) is 36.2 Å². The van der Waals surface area contributed by atoms with Crippen molar-refractivity contribution in [1.29, 1.82) is 0 Å². The predicted molar refractivity (Wildman–Crippen MR) is 546 cm³/mol. The topological polar surface area (TPSA) is 245 Å². The van der Waals surface area contributed by atoms with Crippen molar-refractivity contribution in [2.75, 3.05) is 52.4 Å². The minimum atomic E-state index is -0.862. The van der Waals surface area contributed by atoms with E-state index in [1.54, 1.807) is 22.0 Å². The van der Waals surface area contributed by atoms with E-state index in [1.165, 1.54) is 16.7 Å². The molecule has 5 atom stereocenters. The summed E-state index contributed by atoms with van der Waals surface area (Å²) in [5, 5.41) is 14.3. The van der Waals surface area contributed by atoms with Gasteiger partial charge in [-0.2, -0.15) is 0 Å². The zero-order chi connectivity index (χ0) is 96.7. The number of aryl methyl sites for hydroxylation is 2. The van der Waals surface area contributed by atoms with Crippen LogP contribution in [0.25, 0.3) is 43.3 Å². The molecule has 4 amide bonds. The Morgan fingerprint density at radius 3 is 0.948 bits per heavy atom. The van der Waals surface area contributed by atoms with E-state index in [-0.39, 0.29) is 54.0 Å². The number of halogens is 7. The van der Waals surface area contributed by atoms with Crippen LogP contribution in [0.5, 0.6) is 0 Å². The van der Waals surface area contributed by atoms with Crippen molar-refractivity contribution in [2.45, 2.75) is 187 Å². The molecule has 0 spiro atoms. The maximum atomic E-state index is 12.7. The summed E-state index contributed by atoms with van der Waals surface area (Å²) in [6.07, 6.45) is 28.8. The van der Waals surface area contributed by atoms with Gasteiger partial charge >= 0.3 is 24.4 Å². The number of ether oxygens (including phenoxy) is 4. The van der Waals surface area contributed by atoms with E-state index in [2.05, 4.69) is 125 Å².